The molecular formula is C42H28N2. The molecule has 0 spiro atoms. The van der Waals surface area contributed by atoms with Crippen LogP contribution in [0.5, 0.6) is 0 Å². The van der Waals surface area contributed by atoms with Gasteiger partial charge in [0.2, 0.25) is 0 Å². The van der Waals surface area contributed by atoms with Gasteiger partial charge in [0.1, 0.15) is 0 Å². The third-order valence-electron chi connectivity index (χ3n) is 8.94. The van der Waals surface area contributed by atoms with E-state index in [1.807, 2.05) is 0 Å². The summed E-state index contributed by atoms with van der Waals surface area (Å²) in [6.45, 7) is 0. The maximum absolute atomic E-state index is 2.45. The Hall–Kier alpha value is -5.86. The first-order valence-electron chi connectivity index (χ1n) is 15.1. The van der Waals surface area contributed by atoms with E-state index in [0.29, 0.717) is 0 Å². The molecule has 9 rings (SSSR count). The van der Waals surface area contributed by atoms with Crippen LogP contribution in [0.15, 0.2) is 170 Å². The summed E-state index contributed by atoms with van der Waals surface area (Å²) < 4.78 is 4.88. The SMILES string of the molecule is c1ccc(-c2ccc(-c3ccccc3-n3c4ccccc4c4ccccc43)c(-n3c4ccccc4c4ccccc43)c2)cc1. The van der Waals surface area contributed by atoms with Gasteiger partial charge in [-0.1, -0.05) is 133 Å². The second kappa shape index (κ2) is 9.86. The highest BCUT2D eigenvalue weighted by atomic mass is 15.0. The van der Waals surface area contributed by atoms with Gasteiger partial charge in [-0.15, -0.1) is 0 Å². The fourth-order valence-corrected chi connectivity index (χ4v) is 7.02. The van der Waals surface area contributed by atoms with Gasteiger partial charge >= 0.3 is 0 Å². The highest BCUT2D eigenvalue weighted by molar-refractivity contribution is 6.11. The van der Waals surface area contributed by atoms with Crippen molar-refractivity contribution in [1.82, 2.24) is 9.13 Å². The topological polar surface area (TPSA) is 9.86 Å². The number of hydrogen-bond donors (Lipinski definition) is 0. The minimum absolute atomic E-state index is 1.16. The van der Waals surface area contributed by atoms with E-state index in [1.165, 1.54) is 71.6 Å². The van der Waals surface area contributed by atoms with Crippen molar-refractivity contribution in [3.63, 3.8) is 0 Å². The largest absolute Gasteiger partial charge is 0.309 e. The maximum atomic E-state index is 2.45. The summed E-state index contributed by atoms with van der Waals surface area (Å²) in [6.07, 6.45) is 0. The van der Waals surface area contributed by atoms with Crippen LogP contribution in [0.25, 0.3) is 77.2 Å². The smallest absolute Gasteiger partial charge is 0.0547 e. The lowest BCUT2D eigenvalue weighted by atomic mass is 9.96. The number of benzene rings is 7. The van der Waals surface area contributed by atoms with E-state index < -0.39 is 0 Å². The van der Waals surface area contributed by atoms with Gasteiger partial charge in [0.15, 0.2) is 0 Å². The molecule has 9 aromatic rings. The predicted molar refractivity (Wildman–Crippen MR) is 186 cm³/mol. The molecule has 0 aliphatic rings. The van der Waals surface area contributed by atoms with Crippen LogP contribution in [0.3, 0.4) is 0 Å². The molecule has 0 atom stereocenters. The van der Waals surface area contributed by atoms with Crippen LogP contribution in [0.4, 0.5) is 0 Å². The first-order valence-corrected chi connectivity index (χ1v) is 15.1. The first kappa shape index (κ1) is 24.7. The lowest BCUT2D eigenvalue weighted by Crippen LogP contribution is -2.02. The second-order valence-electron chi connectivity index (χ2n) is 11.4. The Kier molecular flexibility index (Phi) is 5.54. The Bertz CT molecular complexity index is 2390. The molecule has 2 heteroatoms. The third-order valence-corrected chi connectivity index (χ3v) is 8.94. The third kappa shape index (κ3) is 3.68. The van der Waals surface area contributed by atoms with Gasteiger partial charge in [-0.3, -0.25) is 0 Å². The van der Waals surface area contributed by atoms with Crippen LogP contribution < -0.4 is 0 Å². The van der Waals surface area contributed by atoms with Crippen molar-refractivity contribution >= 4 is 43.6 Å². The molecule has 0 fully saturated rings. The molecule has 7 aromatic carbocycles. The second-order valence-corrected chi connectivity index (χ2v) is 11.4. The molecule has 2 nitrogen and oxygen atoms in total. The molecule has 0 aliphatic heterocycles. The Morgan fingerprint density at radius 1 is 0.273 bits per heavy atom. The van der Waals surface area contributed by atoms with Crippen LogP contribution in [0.1, 0.15) is 0 Å². The zero-order valence-corrected chi connectivity index (χ0v) is 24.1. The Morgan fingerprint density at radius 2 is 0.682 bits per heavy atom. The van der Waals surface area contributed by atoms with Gasteiger partial charge in [-0.25, -0.2) is 0 Å². The van der Waals surface area contributed by atoms with Gasteiger partial charge in [0.05, 0.1) is 33.4 Å². The number of hydrogen-bond acceptors (Lipinski definition) is 0. The van der Waals surface area contributed by atoms with Crippen molar-refractivity contribution in [2.75, 3.05) is 0 Å². The average Bonchev–Trinajstić information content (AvgIpc) is 3.61. The number of para-hydroxylation sites is 5. The van der Waals surface area contributed by atoms with E-state index >= 15 is 0 Å². The summed E-state index contributed by atoms with van der Waals surface area (Å²) in [5.74, 6) is 0. The highest BCUT2D eigenvalue weighted by Crippen LogP contribution is 2.41. The van der Waals surface area contributed by atoms with Crippen LogP contribution in [-0.4, -0.2) is 9.13 Å². The number of nitrogens with zero attached hydrogens (tertiary/aromatic N) is 2. The summed E-state index contributed by atoms with van der Waals surface area (Å²) in [4.78, 5) is 0. The van der Waals surface area contributed by atoms with Crippen molar-refractivity contribution in [1.29, 1.82) is 0 Å². The molecule has 206 valence electrons. The Morgan fingerprint density at radius 3 is 1.23 bits per heavy atom. The normalized spacial score (nSPS) is 11.6. The van der Waals surface area contributed by atoms with Crippen molar-refractivity contribution in [3.8, 4) is 33.6 Å². The summed E-state index contributed by atoms with van der Waals surface area (Å²) in [7, 11) is 0. The summed E-state index contributed by atoms with van der Waals surface area (Å²) in [5, 5.41) is 5.05. The van der Waals surface area contributed by atoms with Crippen LogP contribution in [-0.2, 0) is 0 Å². The quantitative estimate of drug-likeness (QED) is 0.203. The Balaban J connectivity index is 1.40. The van der Waals surface area contributed by atoms with Crippen molar-refractivity contribution < 1.29 is 0 Å². The molecule has 0 N–H and O–H groups in total. The minimum Gasteiger partial charge on any atom is -0.309 e. The molecule has 0 amide bonds. The van der Waals surface area contributed by atoms with Crippen LogP contribution in [0, 0.1) is 0 Å². The molecule has 0 bridgehead atoms. The fourth-order valence-electron chi connectivity index (χ4n) is 7.02. The molecule has 0 radical (unpaired) electrons. The van der Waals surface area contributed by atoms with Crippen LogP contribution >= 0.6 is 0 Å². The monoisotopic (exact) mass is 560 g/mol. The van der Waals surface area contributed by atoms with E-state index in [0.717, 1.165) is 5.69 Å². The number of aromatic nitrogens is 2. The standard InChI is InChI=1S/C42H28N2/c1-2-14-29(15-3-1)30-26-27-36(42(28-30)44-40-24-12-6-18-33(40)34-19-7-13-25-41(34)44)35-20-8-11-23-39(35)43-37-21-9-4-16-31(37)32-17-5-10-22-38(32)43/h1-28H. The molecule has 2 heterocycles. The summed E-state index contributed by atoms with van der Waals surface area (Å²) in [5.41, 5.74) is 11.9. The zero-order valence-electron chi connectivity index (χ0n) is 24.1. The Labute approximate surface area is 255 Å². The van der Waals surface area contributed by atoms with Crippen LogP contribution in [0.2, 0.25) is 0 Å². The van der Waals surface area contributed by atoms with E-state index in [9.17, 15) is 0 Å². The molecule has 2 aromatic heterocycles. The fraction of sp³-hybridized carbons (Fsp3) is 0. The van der Waals surface area contributed by atoms with E-state index in [1.54, 1.807) is 0 Å². The summed E-state index contributed by atoms with van der Waals surface area (Å²) >= 11 is 0. The molecular weight excluding hydrogens is 532 g/mol. The molecule has 0 saturated carbocycles. The van der Waals surface area contributed by atoms with Gasteiger partial charge in [-0.2, -0.15) is 0 Å². The van der Waals surface area contributed by atoms with Gasteiger partial charge < -0.3 is 9.13 Å². The van der Waals surface area contributed by atoms with E-state index in [2.05, 4.69) is 179 Å². The van der Waals surface area contributed by atoms with Crippen molar-refractivity contribution in [3.05, 3.63) is 170 Å². The van der Waals surface area contributed by atoms with Gasteiger partial charge in [-0.05, 0) is 47.5 Å². The predicted octanol–water partition coefficient (Wildman–Crippen LogP) is 11.2. The first-order chi connectivity index (χ1) is 21.9. The zero-order chi connectivity index (χ0) is 29.0. The maximum Gasteiger partial charge on any atom is 0.0547 e. The van der Waals surface area contributed by atoms with E-state index in [-0.39, 0.29) is 0 Å². The number of fused-ring (bicyclic) bond motifs is 6. The molecule has 0 aliphatic carbocycles. The highest BCUT2D eigenvalue weighted by Gasteiger charge is 2.20. The molecule has 0 unspecified atom stereocenters. The lowest BCUT2D eigenvalue weighted by Gasteiger charge is -2.19. The van der Waals surface area contributed by atoms with Gasteiger partial charge in [0, 0.05) is 32.7 Å². The summed E-state index contributed by atoms with van der Waals surface area (Å²) in [6, 6.07) is 61.5. The van der Waals surface area contributed by atoms with Crippen molar-refractivity contribution in [2.45, 2.75) is 0 Å². The molecule has 44 heavy (non-hydrogen) atoms. The molecule has 0 saturated heterocycles. The van der Waals surface area contributed by atoms with Gasteiger partial charge in [0.25, 0.3) is 0 Å². The lowest BCUT2D eigenvalue weighted by molar-refractivity contribution is 1.16. The average molecular weight is 561 g/mol. The van der Waals surface area contributed by atoms with E-state index in [4.69, 9.17) is 0 Å². The van der Waals surface area contributed by atoms with Crippen molar-refractivity contribution in [2.24, 2.45) is 0 Å². The minimum atomic E-state index is 1.16. The number of rotatable bonds is 4.